The lowest BCUT2D eigenvalue weighted by Gasteiger charge is -2.13. The van der Waals surface area contributed by atoms with Crippen LogP contribution in [-0.4, -0.2) is 24.8 Å². The molecular weight excluding hydrogens is 290 g/mol. The normalized spacial score (nSPS) is 20.4. The van der Waals surface area contributed by atoms with E-state index in [9.17, 15) is 4.79 Å². The Morgan fingerprint density at radius 3 is 2.78 bits per heavy atom. The van der Waals surface area contributed by atoms with Crippen molar-refractivity contribution < 1.29 is 14.3 Å². The number of rotatable bonds is 8. The molecule has 0 saturated carbocycles. The predicted molar refractivity (Wildman–Crippen MR) is 92.3 cm³/mol. The molecule has 4 heteroatoms. The van der Waals surface area contributed by atoms with Gasteiger partial charge in [0.25, 0.3) is 0 Å². The Kier molecular flexibility index (Phi) is 6.37. The van der Waals surface area contributed by atoms with Gasteiger partial charge in [0.05, 0.1) is 6.10 Å². The van der Waals surface area contributed by atoms with E-state index < -0.39 is 0 Å². The van der Waals surface area contributed by atoms with E-state index in [-0.39, 0.29) is 12.2 Å². The van der Waals surface area contributed by atoms with Gasteiger partial charge in [-0.25, -0.2) is 0 Å². The van der Waals surface area contributed by atoms with Gasteiger partial charge in [0.2, 0.25) is 0 Å². The fourth-order valence-electron chi connectivity index (χ4n) is 2.59. The third-order valence-electron chi connectivity index (χ3n) is 3.95. The maximum absolute atomic E-state index is 11.2. The van der Waals surface area contributed by atoms with Crippen LogP contribution in [-0.2, 0) is 9.53 Å². The lowest BCUT2D eigenvalue weighted by atomic mass is 9.96. The second-order valence-corrected chi connectivity index (χ2v) is 6.05. The first-order valence-electron chi connectivity index (χ1n) is 8.38. The number of hydrogen-bond donors (Lipinski definition) is 1. The molecular formula is C19H27NO3. The second-order valence-electron chi connectivity index (χ2n) is 6.05. The van der Waals surface area contributed by atoms with E-state index in [1.807, 2.05) is 18.2 Å². The van der Waals surface area contributed by atoms with Crippen molar-refractivity contribution in [2.75, 3.05) is 6.54 Å². The molecule has 0 amide bonds. The van der Waals surface area contributed by atoms with E-state index in [1.54, 1.807) is 0 Å². The van der Waals surface area contributed by atoms with Crippen LogP contribution >= 0.6 is 0 Å². The molecule has 0 radical (unpaired) electrons. The topological polar surface area (TPSA) is 50.9 Å². The molecule has 1 aliphatic rings. The average molecular weight is 317 g/mol. The van der Waals surface area contributed by atoms with Crippen molar-refractivity contribution in [3.63, 3.8) is 0 Å². The summed E-state index contributed by atoms with van der Waals surface area (Å²) < 4.78 is 10.6. The highest BCUT2D eigenvalue weighted by atomic mass is 16.6. The zero-order chi connectivity index (χ0) is 16.8. The summed E-state index contributed by atoms with van der Waals surface area (Å²) in [5.41, 5.74) is 3.64. The van der Waals surface area contributed by atoms with Gasteiger partial charge in [-0.15, -0.1) is 0 Å². The fourth-order valence-corrected chi connectivity index (χ4v) is 2.59. The quantitative estimate of drug-likeness (QED) is 0.450. The summed E-state index contributed by atoms with van der Waals surface area (Å²) >= 11 is 0. The lowest BCUT2D eigenvalue weighted by Crippen LogP contribution is -2.20. The number of aryl methyl sites for hydroxylation is 1. The molecule has 1 fully saturated rings. The zero-order valence-corrected chi connectivity index (χ0v) is 14.5. The molecule has 2 unspecified atom stereocenters. The summed E-state index contributed by atoms with van der Waals surface area (Å²) in [7, 11) is 0. The number of unbranched alkanes of at least 4 members (excludes halogenated alkanes) is 1. The van der Waals surface area contributed by atoms with Crippen LogP contribution in [0, 0.1) is 6.92 Å². The van der Waals surface area contributed by atoms with Gasteiger partial charge in [0.15, 0.2) is 0 Å². The predicted octanol–water partition coefficient (Wildman–Crippen LogP) is 3.83. The van der Waals surface area contributed by atoms with Gasteiger partial charge in [-0.3, -0.25) is 10.1 Å². The molecule has 1 saturated heterocycles. The van der Waals surface area contributed by atoms with E-state index >= 15 is 0 Å². The number of carbonyl (C=O) groups is 1. The van der Waals surface area contributed by atoms with E-state index in [1.165, 1.54) is 18.1 Å². The first-order chi connectivity index (χ1) is 11.0. The number of hydrogen-bond acceptors (Lipinski definition) is 4. The van der Waals surface area contributed by atoms with Gasteiger partial charge in [0, 0.05) is 13.5 Å². The number of epoxide rings is 1. The van der Waals surface area contributed by atoms with E-state index in [4.69, 9.17) is 9.47 Å². The SMILES string of the molecule is CCC/C=C(/CCNC1OC1C)c1cc(OC(C)=O)ccc1C. The van der Waals surface area contributed by atoms with Gasteiger partial charge in [-0.2, -0.15) is 0 Å². The van der Waals surface area contributed by atoms with Crippen molar-refractivity contribution in [1.82, 2.24) is 5.32 Å². The van der Waals surface area contributed by atoms with Crippen LogP contribution in [0.1, 0.15) is 51.2 Å². The van der Waals surface area contributed by atoms with Crippen molar-refractivity contribution in [2.24, 2.45) is 0 Å². The molecule has 0 aliphatic carbocycles. The maximum atomic E-state index is 11.2. The molecule has 1 aromatic carbocycles. The van der Waals surface area contributed by atoms with Crippen LogP contribution in [0.5, 0.6) is 5.75 Å². The standard InChI is InChI=1S/C19H27NO3/c1-5-6-7-16(10-11-20-19-14(3)22-19)18-12-17(23-15(4)21)9-8-13(18)2/h7-9,12,14,19-20H,5-6,10-11H2,1-4H3/b16-7-. The molecule has 0 aromatic heterocycles. The summed E-state index contributed by atoms with van der Waals surface area (Å²) in [6.45, 7) is 8.63. The minimum absolute atomic E-state index is 0.205. The van der Waals surface area contributed by atoms with E-state index in [2.05, 4.69) is 32.2 Å². The Hall–Kier alpha value is -1.65. The monoisotopic (exact) mass is 317 g/mol. The Balaban J connectivity index is 2.11. The molecule has 1 heterocycles. The first-order valence-corrected chi connectivity index (χ1v) is 8.38. The Bertz CT molecular complexity index is 580. The molecule has 1 N–H and O–H groups in total. The van der Waals surface area contributed by atoms with Crippen molar-refractivity contribution in [3.05, 3.63) is 35.4 Å². The largest absolute Gasteiger partial charge is 0.427 e. The minimum atomic E-state index is -0.291. The zero-order valence-electron chi connectivity index (χ0n) is 14.5. The smallest absolute Gasteiger partial charge is 0.308 e. The van der Waals surface area contributed by atoms with Crippen molar-refractivity contribution >= 4 is 11.5 Å². The number of nitrogens with one attached hydrogen (secondary N) is 1. The molecule has 0 spiro atoms. The van der Waals surface area contributed by atoms with Crippen molar-refractivity contribution in [3.8, 4) is 5.75 Å². The van der Waals surface area contributed by atoms with Crippen LogP contribution in [0.25, 0.3) is 5.57 Å². The number of allylic oxidation sites excluding steroid dienone is 1. The summed E-state index contributed by atoms with van der Waals surface area (Å²) in [6, 6.07) is 5.82. The Morgan fingerprint density at radius 1 is 1.43 bits per heavy atom. The Labute approximate surface area is 138 Å². The van der Waals surface area contributed by atoms with Crippen LogP contribution in [0.3, 0.4) is 0 Å². The Morgan fingerprint density at radius 2 is 2.17 bits per heavy atom. The third kappa shape index (κ3) is 5.48. The van der Waals surface area contributed by atoms with Crippen LogP contribution in [0.4, 0.5) is 0 Å². The van der Waals surface area contributed by atoms with Crippen molar-refractivity contribution in [1.29, 1.82) is 0 Å². The number of benzene rings is 1. The first kappa shape index (κ1) is 17.7. The number of carbonyl (C=O) groups excluding carboxylic acids is 1. The van der Waals surface area contributed by atoms with Crippen molar-refractivity contribution in [2.45, 2.75) is 59.3 Å². The fraction of sp³-hybridized carbons (Fsp3) is 0.526. The highest BCUT2D eigenvalue weighted by Gasteiger charge is 2.33. The van der Waals surface area contributed by atoms with Crippen LogP contribution < -0.4 is 10.1 Å². The summed E-state index contributed by atoms with van der Waals surface area (Å²) in [5.74, 6) is 0.313. The van der Waals surface area contributed by atoms with E-state index in [0.29, 0.717) is 11.9 Å². The van der Waals surface area contributed by atoms with E-state index in [0.717, 1.165) is 31.4 Å². The highest BCUT2D eigenvalue weighted by molar-refractivity contribution is 5.72. The summed E-state index contributed by atoms with van der Waals surface area (Å²) in [6.07, 6.45) is 5.91. The molecule has 2 atom stereocenters. The highest BCUT2D eigenvalue weighted by Crippen LogP contribution is 2.27. The number of ether oxygens (including phenoxy) is 2. The second kappa shape index (κ2) is 8.27. The van der Waals surface area contributed by atoms with Gasteiger partial charge in [0.1, 0.15) is 12.0 Å². The summed E-state index contributed by atoms with van der Waals surface area (Å²) in [5, 5.41) is 3.40. The average Bonchev–Trinajstić information content (AvgIpc) is 3.20. The van der Waals surface area contributed by atoms with Gasteiger partial charge in [-0.1, -0.05) is 25.5 Å². The molecule has 0 bridgehead atoms. The molecule has 1 aliphatic heterocycles. The third-order valence-corrected chi connectivity index (χ3v) is 3.95. The summed E-state index contributed by atoms with van der Waals surface area (Å²) in [4.78, 5) is 11.2. The number of esters is 1. The van der Waals surface area contributed by atoms with Gasteiger partial charge >= 0.3 is 5.97 Å². The molecule has 126 valence electrons. The molecule has 23 heavy (non-hydrogen) atoms. The molecule has 2 rings (SSSR count). The molecule has 1 aromatic rings. The van der Waals surface area contributed by atoms with Crippen LogP contribution in [0.2, 0.25) is 0 Å². The molecule has 4 nitrogen and oxygen atoms in total. The van der Waals surface area contributed by atoms with Gasteiger partial charge < -0.3 is 9.47 Å². The maximum Gasteiger partial charge on any atom is 0.308 e. The van der Waals surface area contributed by atoms with Gasteiger partial charge in [-0.05, 0) is 55.5 Å². The lowest BCUT2D eigenvalue weighted by molar-refractivity contribution is -0.131. The minimum Gasteiger partial charge on any atom is -0.427 e. The van der Waals surface area contributed by atoms with Crippen LogP contribution in [0.15, 0.2) is 24.3 Å².